The largest absolute Gasteiger partial charge is 0.464 e. The molecule has 5 nitrogen and oxygen atoms in total. The second-order valence-electron chi connectivity index (χ2n) is 6.97. The summed E-state index contributed by atoms with van der Waals surface area (Å²) < 4.78 is 10.7. The summed E-state index contributed by atoms with van der Waals surface area (Å²) in [5, 5.41) is 3.63. The molecule has 0 radical (unpaired) electrons. The van der Waals surface area contributed by atoms with Crippen LogP contribution in [0, 0.1) is 6.92 Å². The van der Waals surface area contributed by atoms with Crippen molar-refractivity contribution in [1.82, 2.24) is 5.32 Å². The first-order chi connectivity index (χ1) is 12.3. The number of nitrogens with one attached hydrogen (secondary N) is 1. The lowest BCUT2D eigenvalue weighted by Gasteiger charge is -2.39. The number of esters is 1. The first-order valence-electron chi connectivity index (χ1n) is 9.11. The average Bonchev–Trinajstić information content (AvgIpc) is 2.61. The Kier molecular flexibility index (Phi) is 7.07. The van der Waals surface area contributed by atoms with Crippen molar-refractivity contribution in [1.29, 1.82) is 0 Å². The highest BCUT2D eigenvalue weighted by molar-refractivity contribution is 6.30. The van der Waals surface area contributed by atoms with Crippen molar-refractivity contribution in [2.45, 2.75) is 64.0 Å². The molecule has 3 atom stereocenters. The third-order valence-corrected chi connectivity index (χ3v) is 5.39. The van der Waals surface area contributed by atoms with Gasteiger partial charge in [-0.15, -0.1) is 0 Å². The van der Waals surface area contributed by atoms with E-state index in [0.29, 0.717) is 17.9 Å². The van der Waals surface area contributed by atoms with E-state index in [0.717, 1.165) is 24.0 Å². The topological polar surface area (TPSA) is 64.6 Å². The number of carbonyl (C=O) groups is 2. The average molecular weight is 382 g/mol. The molecule has 3 unspecified atom stereocenters. The van der Waals surface area contributed by atoms with Gasteiger partial charge in [0.15, 0.2) is 0 Å². The van der Waals surface area contributed by atoms with E-state index in [1.807, 2.05) is 26.0 Å². The number of aryl methyl sites for hydroxylation is 1. The van der Waals surface area contributed by atoms with E-state index >= 15 is 0 Å². The zero-order chi connectivity index (χ0) is 19.3. The van der Waals surface area contributed by atoms with Gasteiger partial charge >= 0.3 is 5.97 Å². The van der Waals surface area contributed by atoms with Gasteiger partial charge in [-0.25, -0.2) is 4.79 Å². The smallest absolute Gasteiger partial charge is 0.331 e. The molecular weight excluding hydrogens is 354 g/mol. The Hall–Kier alpha value is -1.59. The number of methoxy groups -OCH3 is 1. The number of ether oxygens (including phenoxy) is 2. The molecule has 0 aliphatic heterocycles. The van der Waals surface area contributed by atoms with Gasteiger partial charge in [-0.2, -0.15) is 0 Å². The Morgan fingerprint density at radius 2 is 2.15 bits per heavy atom. The van der Waals surface area contributed by atoms with Crippen LogP contribution in [0.25, 0.3) is 0 Å². The standard InChI is InChI=1S/C20H28ClNO4/c1-5-26-19(24)20(10-6-7-16(12-20)25-4)22-18(23)14(3)17-9-8-15(21)11-13(17)2/h8-9,11,14,16H,5-7,10,12H2,1-4H3,(H,22,23). The van der Waals surface area contributed by atoms with Crippen LogP contribution in [0.15, 0.2) is 18.2 Å². The maximum absolute atomic E-state index is 13.0. The molecule has 0 aromatic heterocycles. The molecule has 0 bridgehead atoms. The van der Waals surface area contributed by atoms with Gasteiger partial charge in [-0.3, -0.25) is 4.79 Å². The van der Waals surface area contributed by atoms with E-state index < -0.39 is 11.5 Å². The van der Waals surface area contributed by atoms with Crippen LogP contribution in [0.2, 0.25) is 5.02 Å². The fourth-order valence-electron chi connectivity index (χ4n) is 3.65. The second kappa shape index (κ2) is 8.87. The third-order valence-electron chi connectivity index (χ3n) is 5.16. The van der Waals surface area contributed by atoms with Crippen LogP contribution in [0.3, 0.4) is 0 Å². The van der Waals surface area contributed by atoms with Crippen molar-refractivity contribution in [2.24, 2.45) is 0 Å². The monoisotopic (exact) mass is 381 g/mol. The molecule has 1 aliphatic carbocycles. The Bertz CT molecular complexity index is 663. The normalized spacial score (nSPS) is 24.0. The summed E-state index contributed by atoms with van der Waals surface area (Å²) in [7, 11) is 1.63. The van der Waals surface area contributed by atoms with Crippen LogP contribution in [-0.4, -0.2) is 37.2 Å². The van der Waals surface area contributed by atoms with E-state index in [1.165, 1.54) is 0 Å². The predicted octanol–water partition coefficient (Wildman–Crippen LogP) is 3.76. The molecule has 1 fully saturated rings. The number of hydrogen-bond donors (Lipinski definition) is 1. The Balaban J connectivity index is 2.23. The minimum atomic E-state index is -1.03. The number of amides is 1. The molecule has 6 heteroatoms. The van der Waals surface area contributed by atoms with E-state index in [2.05, 4.69) is 5.32 Å². The zero-order valence-electron chi connectivity index (χ0n) is 15.9. The first-order valence-corrected chi connectivity index (χ1v) is 9.49. The third kappa shape index (κ3) is 4.57. The van der Waals surface area contributed by atoms with Gasteiger partial charge in [0, 0.05) is 18.6 Å². The molecule has 1 N–H and O–H groups in total. The minimum Gasteiger partial charge on any atom is -0.464 e. The molecule has 144 valence electrons. The van der Waals surface area contributed by atoms with Crippen LogP contribution in [-0.2, 0) is 19.1 Å². The molecule has 1 aromatic carbocycles. The van der Waals surface area contributed by atoms with Gasteiger partial charge < -0.3 is 14.8 Å². The SMILES string of the molecule is CCOC(=O)C1(NC(=O)C(C)c2ccc(Cl)cc2C)CCCC(OC)C1. The molecule has 0 spiro atoms. The molecule has 2 rings (SSSR count). The summed E-state index contributed by atoms with van der Waals surface area (Å²) in [5.74, 6) is -0.975. The van der Waals surface area contributed by atoms with Crippen LogP contribution in [0.5, 0.6) is 0 Å². The number of halogens is 1. The molecule has 1 saturated carbocycles. The van der Waals surface area contributed by atoms with Crippen molar-refractivity contribution in [3.8, 4) is 0 Å². The van der Waals surface area contributed by atoms with E-state index in [4.69, 9.17) is 21.1 Å². The second-order valence-corrected chi connectivity index (χ2v) is 7.40. The van der Waals surface area contributed by atoms with Gasteiger partial charge in [0.05, 0.1) is 18.6 Å². The Morgan fingerprint density at radius 1 is 1.42 bits per heavy atom. The van der Waals surface area contributed by atoms with E-state index in [9.17, 15) is 9.59 Å². The first kappa shape index (κ1) is 20.7. The molecule has 0 heterocycles. The van der Waals surface area contributed by atoms with Crippen molar-refractivity contribution < 1.29 is 19.1 Å². The van der Waals surface area contributed by atoms with Crippen LogP contribution < -0.4 is 5.32 Å². The summed E-state index contributed by atoms with van der Waals surface area (Å²) >= 11 is 6.01. The number of rotatable bonds is 6. The molecular formula is C20H28ClNO4. The van der Waals surface area contributed by atoms with E-state index in [1.54, 1.807) is 20.1 Å². The van der Waals surface area contributed by atoms with Crippen molar-refractivity contribution in [3.63, 3.8) is 0 Å². The highest BCUT2D eigenvalue weighted by Gasteiger charge is 2.46. The fraction of sp³-hybridized carbons (Fsp3) is 0.600. The fourth-order valence-corrected chi connectivity index (χ4v) is 3.88. The highest BCUT2D eigenvalue weighted by atomic mass is 35.5. The zero-order valence-corrected chi connectivity index (χ0v) is 16.7. The minimum absolute atomic E-state index is 0.0685. The number of hydrogen-bond acceptors (Lipinski definition) is 4. The molecule has 0 saturated heterocycles. The van der Waals surface area contributed by atoms with Gasteiger partial charge in [0.1, 0.15) is 5.54 Å². The van der Waals surface area contributed by atoms with Crippen molar-refractivity contribution in [3.05, 3.63) is 34.3 Å². The molecule has 26 heavy (non-hydrogen) atoms. The number of carbonyl (C=O) groups excluding carboxylic acids is 2. The lowest BCUT2D eigenvalue weighted by atomic mass is 9.79. The van der Waals surface area contributed by atoms with E-state index in [-0.39, 0.29) is 24.6 Å². The maximum Gasteiger partial charge on any atom is 0.331 e. The summed E-state index contributed by atoms with van der Waals surface area (Å²) in [5.41, 5.74) is 0.814. The highest BCUT2D eigenvalue weighted by Crippen LogP contribution is 2.32. The van der Waals surface area contributed by atoms with Gasteiger partial charge in [-0.05, 0) is 63.3 Å². The summed E-state index contributed by atoms with van der Waals surface area (Å²) in [6.07, 6.45) is 2.59. The Labute approximate surface area is 160 Å². The maximum atomic E-state index is 13.0. The molecule has 1 aromatic rings. The quantitative estimate of drug-likeness (QED) is 0.762. The Morgan fingerprint density at radius 3 is 2.77 bits per heavy atom. The molecule has 1 aliphatic rings. The number of benzene rings is 1. The summed E-state index contributed by atoms with van der Waals surface area (Å²) in [6, 6.07) is 5.47. The van der Waals surface area contributed by atoms with Crippen LogP contribution in [0.1, 0.15) is 56.6 Å². The van der Waals surface area contributed by atoms with Gasteiger partial charge in [0.25, 0.3) is 0 Å². The van der Waals surface area contributed by atoms with Crippen molar-refractivity contribution in [2.75, 3.05) is 13.7 Å². The van der Waals surface area contributed by atoms with Crippen molar-refractivity contribution >= 4 is 23.5 Å². The van der Waals surface area contributed by atoms with Gasteiger partial charge in [-0.1, -0.05) is 17.7 Å². The summed E-state index contributed by atoms with van der Waals surface area (Å²) in [4.78, 5) is 25.6. The molecule has 1 amide bonds. The summed E-state index contributed by atoms with van der Waals surface area (Å²) in [6.45, 7) is 5.80. The van der Waals surface area contributed by atoms with Gasteiger partial charge in [0.2, 0.25) is 5.91 Å². The predicted molar refractivity (Wildman–Crippen MR) is 101 cm³/mol. The van der Waals surface area contributed by atoms with Crippen LogP contribution >= 0.6 is 11.6 Å². The van der Waals surface area contributed by atoms with Crippen LogP contribution in [0.4, 0.5) is 0 Å². The lowest BCUT2D eigenvalue weighted by molar-refractivity contribution is -0.157. The lowest BCUT2D eigenvalue weighted by Crippen LogP contribution is -2.59.